The highest BCUT2D eigenvalue weighted by Crippen LogP contribution is 2.36. The maximum Gasteiger partial charge on any atom is 0.238 e. The number of nitrogens with one attached hydrogen (secondary N) is 2. The first-order chi connectivity index (χ1) is 14.2. The molecular formula is C21H18N4O3S. The third-order valence-electron chi connectivity index (χ3n) is 4.25. The van der Waals surface area contributed by atoms with E-state index in [1.54, 1.807) is 30.7 Å². The van der Waals surface area contributed by atoms with Crippen molar-refractivity contribution in [3.63, 3.8) is 0 Å². The molecule has 2 amide bonds. The van der Waals surface area contributed by atoms with Crippen LogP contribution in [0.2, 0.25) is 0 Å². The summed E-state index contributed by atoms with van der Waals surface area (Å²) in [6.45, 7) is 0.328. The average Bonchev–Trinajstić information content (AvgIpc) is 2.74. The summed E-state index contributed by atoms with van der Waals surface area (Å²) in [4.78, 5) is 34.0. The first-order valence-corrected chi connectivity index (χ1v) is 9.90. The van der Waals surface area contributed by atoms with E-state index in [0.717, 1.165) is 16.1 Å². The molecule has 1 aliphatic rings. The van der Waals surface area contributed by atoms with Crippen LogP contribution in [0.25, 0.3) is 0 Å². The van der Waals surface area contributed by atoms with Gasteiger partial charge in [-0.25, -0.2) is 4.98 Å². The van der Waals surface area contributed by atoms with E-state index < -0.39 is 5.25 Å². The fourth-order valence-electron chi connectivity index (χ4n) is 2.82. The van der Waals surface area contributed by atoms with Gasteiger partial charge in [0.15, 0.2) is 11.6 Å². The SMILES string of the molecule is O=C(CC1Sc2ccccc2NC1=O)Nc1ncccc1OCc1ccncc1. The molecule has 4 rings (SSSR count). The lowest BCUT2D eigenvalue weighted by molar-refractivity contribution is -0.120. The molecule has 0 radical (unpaired) electrons. The Bertz CT molecular complexity index is 1030. The zero-order chi connectivity index (χ0) is 20.1. The standard InChI is InChI=1S/C21H18N4O3S/c26-19(12-18-21(27)24-15-4-1-2-6-17(15)29-18)25-20-16(5-3-9-23-20)28-13-14-7-10-22-11-8-14/h1-11,18H,12-13H2,(H,24,27)(H,23,25,26). The summed E-state index contributed by atoms with van der Waals surface area (Å²) in [5.74, 6) is 0.306. The maximum absolute atomic E-state index is 12.6. The van der Waals surface area contributed by atoms with Crippen LogP contribution >= 0.6 is 11.8 Å². The highest BCUT2D eigenvalue weighted by molar-refractivity contribution is 8.01. The molecule has 1 unspecified atom stereocenters. The molecular weight excluding hydrogens is 388 g/mol. The molecule has 1 atom stereocenters. The monoisotopic (exact) mass is 406 g/mol. The molecule has 146 valence electrons. The molecule has 1 aliphatic heterocycles. The van der Waals surface area contributed by atoms with Gasteiger partial charge < -0.3 is 15.4 Å². The van der Waals surface area contributed by atoms with Gasteiger partial charge in [-0.05, 0) is 42.0 Å². The fraction of sp³-hybridized carbons (Fsp3) is 0.143. The van der Waals surface area contributed by atoms with Crippen molar-refractivity contribution in [3.05, 3.63) is 72.7 Å². The number of amides is 2. The zero-order valence-electron chi connectivity index (χ0n) is 15.4. The smallest absolute Gasteiger partial charge is 0.238 e. The number of carbonyl (C=O) groups is 2. The summed E-state index contributed by atoms with van der Waals surface area (Å²) in [5, 5.41) is 5.10. The number of ether oxygens (including phenoxy) is 1. The number of pyridine rings is 2. The molecule has 0 saturated heterocycles. The number of hydrogen-bond donors (Lipinski definition) is 2. The molecule has 8 heteroatoms. The van der Waals surface area contributed by atoms with Crippen LogP contribution in [0.5, 0.6) is 5.75 Å². The number of carbonyl (C=O) groups excluding carboxylic acids is 2. The van der Waals surface area contributed by atoms with Crippen LogP contribution in [0, 0.1) is 0 Å². The number of aromatic nitrogens is 2. The van der Waals surface area contributed by atoms with Crippen LogP contribution in [0.3, 0.4) is 0 Å². The predicted molar refractivity (Wildman–Crippen MR) is 111 cm³/mol. The van der Waals surface area contributed by atoms with E-state index in [0.29, 0.717) is 18.2 Å². The van der Waals surface area contributed by atoms with Crippen molar-refractivity contribution < 1.29 is 14.3 Å². The van der Waals surface area contributed by atoms with Gasteiger partial charge in [-0.2, -0.15) is 0 Å². The first-order valence-electron chi connectivity index (χ1n) is 9.02. The molecule has 3 aromatic rings. The van der Waals surface area contributed by atoms with Gasteiger partial charge in [-0.1, -0.05) is 12.1 Å². The molecule has 3 heterocycles. The van der Waals surface area contributed by atoms with Crippen molar-refractivity contribution >= 4 is 35.1 Å². The average molecular weight is 406 g/mol. The molecule has 1 aromatic carbocycles. The number of rotatable bonds is 6. The minimum absolute atomic E-state index is 0.0329. The summed E-state index contributed by atoms with van der Waals surface area (Å²) in [7, 11) is 0. The summed E-state index contributed by atoms with van der Waals surface area (Å²) in [5.41, 5.74) is 1.73. The van der Waals surface area contributed by atoms with Crippen molar-refractivity contribution in [2.75, 3.05) is 10.6 Å². The number of benzene rings is 1. The highest BCUT2D eigenvalue weighted by atomic mass is 32.2. The van der Waals surface area contributed by atoms with E-state index in [-0.39, 0.29) is 18.2 Å². The molecule has 0 saturated carbocycles. The van der Waals surface area contributed by atoms with Crippen LogP contribution in [0.1, 0.15) is 12.0 Å². The van der Waals surface area contributed by atoms with Gasteiger partial charge in [-0.15, -0.1) is 11.8 Å². The van der Waals surface area contributed by atoms with Crippen LogP contribution in [-0.4, -0.2) is 27.0 Å². The lowest BCUT2D eigenvalue weighted by atomic mass is 10.2. The van der Waals surface area contributed by atoms with E-state index in [2.05, 4.69) is 20.6 Å². The van der Waals surface area contributed by atoms with E-state index in [9.17, 15) is 9.59 Å². The Balaban J connectivity index is 1.39. The molecule has 29 heavy (non-hydrogen) atoms. The topological polar surface area (TPSA) is 93.2 Å². The van der Waals surface area contributed by atoms with Gasteiger partial charge in [0.2, 0.25) is 11.8 Å². The molecule has 0 bridgehead atoms. The Hall–Kier alpha value is -3.39. The molecule has 0 fully saturated rings. The van der Waals surface area contributed by atoms with Crippen LogP contribution < -0.4 is 15.4 Å². The fourth-order valence-corrected chi connectivity index (χ4v) is 3.93. The number of para-hydroxylation sites is 1. The molecule has 2 N–H and O–H groups in total. The second-order valence-electron chi connectivity index (χ2n) is 6.34. The summed E-state index contributed by atoms with van der Waals surface area (Å²) in [6, 6.07) is 14.7. The number of fused-ring (bicyclic) bond motifs is 1. The van der Waals surface area contributed by atoms with Crippen LogP contribution in [-0.2, 0) is 16.2 Å². The Morgan fingerprint density at radius 1 is 1.10 bits per heavy atom. The Kier molecular flexibility index (Phi) is 5.71. The molecule has 7 nitrogen and oxygen atoms in total. The number of anilines is 2. The predicted octanol–water partition coefficient (Wildman–Crippen LogP) is 3.50. The second-order valence-corrected chi connectivity index (χ2v) is 7.58. The zero-order valence-corrected chi connectivity index (χ0v) is 16.2. The van der Waals surface area contributed by atoms with E-state index in [1.165, 1.54) is 11.8 Å². The second kappa shape index (κ2) is 8.74. The van der Waals surface area contributed by atoms with Crippen molar-refractivity contribution in [2.45, 2.75) is 23.2 Å². The lowest BCUT2D eigenvalue weighted by Gasteiger charge is -2.23. The third kappa shape index (κ3) is 4.72. The third-order valence-corrected chi connectivity index (χ3v) is 5.52. The maximum atomic E-state index is 12.6. The van der Waals surface area contributed by atoms with Gasteiger partial charge >= 0.3 is 0 Å². The highest BCUT2D eigenvalue weighted by Gasteiger charge is 2.29. The summed E-state index contributed by atoms with van der Waals surface area (Å²) in [6.07, 6.45) is 4.99. The van der Waals surface area contributed by atoms with Crippen molar-refractivity contribution in [1.29, 1.82) is 0 Å². The van der Waals surface area contributed by atoms with E-state index in [4.69, 9.17) is 4.74 Å². The van der Waals surface area contributed by atoms with Crippen molar-refractivity contribution in [1.82, 2.24) is 9.97 Å². The Morgan fingerprint density at radius 2 is 1.93 bits per heavy atom. The summed E-state index contributed by atoms with van der Waals surface area (Å²) >= 11 is 1.39. The van der Waals surface area contributed by atoms with Gasteiger partial charge in [-0.3, -0.25) is 14.6 Å². The van der Waals surface area contributed by atoms with Crippen molar-refractivity contribution in [3.8, 4) is 5.75 Å². The van der Waals surface area contributed by atoms with Gasteiger partial charge in [0.25, 0.3) is 0 Å². The molecule has 0 aliphatic carbocycles. The summed E-state index contributed by atoms with van der Waals surface area (Å²) < 4.78 is 5.79. The van der Waals surface area contributed by atoms with Crippen LogP contribution in [0.15, 0.2) is 72.0 Å². The van der Waals surface area contributed by atoms with E-state index >= 15 is 0 Å². The van der Waals surface area contributed by atoms with Crippen molar-refractivity contribution in [2.24, 2.45) is 0 Å². The first kappa shape index (κ1) is 18.9. The largest absolute Gasteiger partial charge is 0.485 e. The molecule has 2 aromatic heterocycles. The Labute approximate surface area is 171 Å². The minimum atomic E-state index is -0.505. The van der Waals surface area contributed by atoms with Crippen LogP contribution in [0.4, 0.5) is 11.5 Å². The van der Waals surface area contributed by atoms with E-state index in [1.807, 2.05) is 36.4 Å². The number of thioether (sulfide) groups is 1. The van der Waals surface area contributed by atoms with Gasteiger partial charge in [0.05, 0.1) is 10.9 Å². The Morgan fingerprint density at radius 3 is 2.79 bits per heavy atom. The quantitative estimate of drug-likeness (QED) is 0.651. The normalized spacial score (nSPS) is 15.2. The molecule has 0 spiro atoms. The number of hydrogen-bond acceptors (Lipinski definition) is 6. The van der Waals surface area contributed by atoms with Gasteiger partial charge in [0, 0.05) is 29.9 Å². The lowest BCUT2D eigenvalue weighted by Crippen LogP contribution is -2.32. The number of nitrogens with zero attached hydrogens (tertiary/aromatic N) is 2. The van der Waals surface area contributed by atoms with Gasteiger partial charge in [0.1, 0.15) is 6.61 Å². The minimum Gasteiger partial charge on any atom is -0.485 e.